The summed E-state index contributed by atoms with van der Waals surface area (Å²) in [7, 11) is 2.16. The molecule has 1 unspecified atom stereocenters. The van der Waals surface area contributed by atoms with Crippen LogP contribution in [0.2, 0.25) is 0 Å². The van der Waals surface area contributed by atoms with Gasteiger partial charge < -0.3 is 10.6 Å². The zero-order valence-electron chi connectivity index (χ0n) is 11.2. The van der Waals surface area contributed by atoms with Crippen molar-refractivity contribution in [2.45, 2.75) is 38.6 Å². The van der Waals surface area contributed by atoms with Crippen molar-refractivity contribution in [1.29, 1.82) is 0 Å². The van der Waals surface area contributed by atoms with Crippen LogP contribution in [0.15, 0.2) is 30.3 Å². The summed E-state index contributed by atoms with van der Waals surface area (Å²) in [6.45, 7) is 4.39. The van der Waals surface area contributed by atoms with E-state index in [1.165, 1.54) is 18.4 Å². The third kappa shape index (κ3) is 6.44. The monoisotopic (exact) mass is 234 g/mol. The summed E-state index contributed by atoms with van der Waals surface area (Å²) in [5, 5.41) is 0. The zero-order chi connectivity index (χ0) is 12.5. The Morgan fingerprint density at radius 3 is 2.59 bits per heavy atom. The molecule has 1 rings (SSSR count). The molecule has 1 atom stereocenters. The van der Waals surface area contributed by atoms with Crippen molar-refractivity contribution in [2.75, 3.05) is 20.1 Å². The summed E-state index contributed by atoms with van der Waals surface area (Å²) < 4.78 is 0. The number of hydrogen-bond acceptors (Lipinski definition) is 2. The van der Waals surface area contributed by atoms with Crippen LogP contribution in [0.5, 0.6) is 0 Å². The minimum Gasteiger partial charge on any atom is -0.327 e. The second-order valence-corrected chi connectivity index (χ2v) is 4.90. The van der Waals surface area contributed by atoms with E-state index in [9.17, 15) is 0 Å². The number of aryl methyl sites for hydroxylation is 1. The van der Waals surface area contributed by atoms with Gasteiger partial charge in [0, 0.05) is 12.6 Å². The van der Waals surface area contributed by atoms with E-state index in [2.05, 4.69) is 49.2 Å². The lowest BCUT2D eigenvalue weighted by Crippen LogP contribution is -2.36. The average Bonchev–Trinajstić information content (AvgIpc) is 2.35. The molecule has 0 saturated heterocycles. The number of nitrogens with two attached hydrogens (primary N) is 1. The molecule has 0 aliphatic heterocycles. The van der Waals surface area contributed by atoms with E-state index in [0.29, 0.717) is 0 Å². The first kappa shape index (κ1) is 14.2. The SMILES string of the molecule is CCCCN(C)CC(N)CCc1ccccc1. The molecule has 0 spiro atoms. The fraction of sp³-hybridized carbons (Fsp3) is 0.600. The van der Waals surface area contributed by atoms with E-state index in [4.69, 9.17) is 5.73 Å². The van der Waals surface area contributed by atoms with E-state index in [1.807, 2.05) is 0 Å². The first-order valence-corrected chi connectivity index (χ1v) is 6.70. The van der Waals surface area contributed by atoms with Crippen LogP contribution in [-0.4, -0.2) is 31.1 Å². The van der Waals surface area contributed by atoms with Gasteiger partial charge in [-0.1, -0.05) is 43.7 Å². The van der Waals surface area contributed by atoms with Crippen LogP contribution in [-0.2, 0) is 6.42 Å². The van der Waals surface area contributed by atoms with Gasteiger partial charge in [-0.15, -0.1) is 0 Å². The van der Waals surface area contributed by atoms with Crippen LogP contribution in [0.1, 0.15) is 31.7 Å². The van der Waals surface area contributed by atoms with Gasteiger partial charge in [-0.3, -0.25) is 0 Å². The van der Waals surface area contributed by atoms with Gasteiger partial charge >= 0.3 is 0 Å². The molecule has 0 heterocycles. The highest BCUT2D eigenvalue weighted by atomic mass is 15.1. The molecular weight excluding hydrogens is 208 g/mol. The number of rotatable bonds is 8. The summed E-state index contributed by atoms with van der Waals surface area (Å²) in [4.78, 5) is 2.35. The van der Waals surface area contributed by atoms with Crippen molar-refractivity contribution < 1.29 is 0 Å². The molecule has 0 aliphatic rings. The van der Waals surface area contributed by atoms with Crippen LogP contribution in [0, 0.1) is 0 Å². The summed E-state index contributed by atoms with van der Waals surface area (Å²) >= 11 is 0. The Morgan fingerprint density at radius 1 is 1.24 bits per heavy atom. The lowest BCUT2D eigenvalue weighted by atomic mass is 10.1. The molecule has 0 bridgehead atoms. The highest BCUT2D eigenvalue weighted by Crippen LogP contribution is 2.05. The predicted octanol–water partition coefficient (Wildman–Crippen LogP) is 2.68. The van der Waals surface area contributed by atoms with Crippen molar-refractivity contribution in [2.24, 2.45) is 5.73 Å². The first-order valence-electron chi connectivity index (χ1n) is 6.70. The van der Waals surface area contributed by atoms with Gasteiger partial charge in [0.05, 0.1) is 0 Å². The Balaban J connectivity index is 2.19. The molecule has 0 amide bonds. The molecule has 0 fully saturated rings. The molecule has 1 aromatic carbocycles. The largest absolute Gasteiger partial charge is 0.327 e. The predicted molar refractivity (Wildman–Crippen MR) is 75.1 cm³/mol. The minimum atomic E-state index is 0.289. The van der Waals surface area contributed by atoms with Crippen LogP contribution < -0.4 is 5.73 Å². The Morgan fingerprint density at radius 2 is 1.94 bits per heavy atom. The molecule has 0 saturated carbocycles. The molecule has 2 nitrogen and oxygen atoms in total. The number of benzene rings is 1. The minimum absolute atomic E-state index is 0.289. The van der Waals surface area contributed by atoms with E-state index in [1.54, 1.807) is 0 Å². The summed E-state index contributed by atoms with van der Waals surface area (Å²) in [6, 6.07) is 10.9. The first-order chi connectivity index (χ1) is 8.22. The number of likely N-dealkylation sites (N-methyl/N-ethyl adjacent to an activating group) is 1. The van der Waals surface area contributed by atoms with Crippen molar-refractivity contribution in [3.63, 3.8) is 0 Å². The molecule has 2 N–H and O–H groups in total. The molecule has 1 aromatic rings. The third-order valence-electron chi connectivity index (χ3n) is 3.09. The third-order valence-corrected chi connectivity index (χ3v) is 3.09. The van der Waals surface area contributed by atoms with Gasteiger partial charge in [-0.2, -0.15) is 0 Å². The van der Waals surface area contributed by atoms with E-state index in [-0.39, 0.29) is 6.04 Å². The summed E-state index contributed by atoms with van der Waals surface area (Å²) in [5.74, 6) is 0. The van der Waals surface area contributed by atoms with Gasteiger partial charge in [0.2, 0.25) is 0 Å². The Bertz CT molecular complexity index is 284. The second-order valence-electron chi connectivity index (χ2n) is 4.90. The molecule has 96 valence electrons. The van der Waals surface area contributed by atoms with E-state index >= 15 is 0 Å². The maximum atomic E-state index is 6.15. The quantitative estimate of drug-likeness (QED) is 0.749. The summed E-state index contributed by atoms with van der Waals surface area (Å²) in [6.07, 6.45) is 4.68. The maximum Gasteiger partial charge on any atom is 0.0170 e. The number of hydrogen-bond donors (Lipinski definition) is 1. The van der Waals surface area contributed by atoms with Gasteiger partial charge in [-0.25, -0.2) is 0 Å². The highest BCUT2D eigenvalue weighted by molar-refractivity contribution is 5.14. The lowest BCUT2D eigenvalue weighted by Gasteiger charge is -2.21. The smallest absolute Gasteiger partial charge is 0.0170 e. The number of unbranched alkanes of at least 4 members (excludes halogenated alkanes) is 1. The molecule has 0 radical (unpaired) electrons. The fourth-order valence-electron chi connectivity index (χ4n) is 2.01. The van der Waals surface area contributed by atoms with E-state index < -0.39 is 0 Å². The highest BCUT2D eigenvalue weighted by Gasteiger charge is 2.06. The van der Waals surface area contributed by atoms with Gasteiger partial charge in [0.25, 0.3) is 0 Å². The van der Waals surface area contributed by atoms with Crippen molar-refractivity contribution in [3.05, 3.63) is 35.9 Å². The molecule has 0 aliphatic carbocycles. The van der Waals surface area contributed by atoms with Crippen LogP contribution >= 0.6 is 0 Å². The van der Waals surface area contributed by atoms with Gasteiger partial charge in [0.15, 0.2) is 0 Å². The van der Waals surface area contributed by atoms with Crippen LogP contribution in [0.25, 0.3) is 0 Å². The molecular formula is C15H26N2. The Hall–Kier alpha value is -0.860. The molecule has 0 aromatic heterocycles. The fourth-order valence-corrected chi connectivity index (χ4v) is 2.01. The van der Waals surface area contributed by atoms with E-state index in [0.717, 1.165) is 25.9 Å². The van der Waals surface area contributed by atoms with Crippen molar-refractivity contribution >= 4 is 0 Å². The average molecular weight is 234 g/mol. The molecule has 17 heavy (non-hydrogen) atoms. The van der Waals surface area contributed by atoms with Crippen molar-refractivity contribution in [3.8, 4) is 0 Å². The van der Waals surface area contributed by atoms with Gasteiger partial charge in [-0.05, 0) is 38.4 Å². The number of nitrogens with zero attached hydrogens (tertiary/aromatic N) is 1. The van der Waals surface area contributed by atoms with Crippen LogP contribution in [0.4, 0.5) is 0 Å². The standard InChI is InChI=1S/C15H26N2/c1-3-4-12-17(2)13-15(16)11-10-14-8-6-5-7-9-14/h5-9,15H,3-4,10-13,16H2,1-2H3. The lowest BCUT2D eigenvalue weighted by molar-refractivity contribution is 0.300. The van der Waals surface area contributed by atoms with Crippen LogP contribution in [0.3, 0.4) is 0 Å². The Labute approximate surface area is 106 Å². The zero-order valence-corrected chi connectivity index (χ0v) is 11.2. The summed E-state index contributed by atoms with van der Waals surface area (Å²) in [5.41, 5.74) is 7.54. The maximum absolute atomic E-state index is 6.15. The van der Waals surface area contributed by atoms with Crippen molar-refractivity contribution in [1.82, 2.24) is 4.90 Å². The molecule has 2 heteroatoms. The van der Waals surface area contributed by atoms with Gasteiger partial charge in [0.1, 0.15) is 0 Å². The normalized spacial score (nSPS) is 12.9. The Kier molecular flexibility index (Phi) is 6.90. The topological polar surface area (TPSA) is 29.3 Å². The second kappa shape index (κ2) is 8.26.